The van der Waals surface area contributed by atoms with Gasteiger partial charge in [0.15, 0.2) is 6.29 Å². The average molecular weight is 229 g/mol. The van der Waals surface area contributed by atoms with Crippen LogP contribution in [0.5, 0.6) is 0 Å². The van der Waals surface area contributed by atoms with Crippen molar-refractivity contribution in [3.05, 3.63) is 0 Å². The highest BCUT2D eigenvalue weighted by Crippen LogP contribution is 2.24. The van der Waals surface area contributed by atoms with Crippen molar-refractivity contribution in [2.24, 2.45) is 0 Å². The smallest absolute Gasteiger partial charge is 0.407 e. The molecule has 2 aliphatic heterocycles. The second-order valence-electron chi connectivity index (χ2n) is 4.57. The fourth-order valence-electron chi connectivity index (χ4n) is 2.38. The Labute approximate surface area is 95.3 Å². The molecule has 0 saturated carbocycles. The van der Waals surface area contributed by atoms with Crippen LogP contribution in [0.25, 0.3) is 0 Å². The molecule has 0 aliphatic carbocycles. The van der Waals surface area contributed by atoms with Crippen molar-refractivity contribution in [3.63, 3.8) is 0 Å². The van der Waals surface area contributed by atoms with Crippen LogP contribution < -0.4 is 0 Å². The zero-order chi connectivity index (χ0) is 11.5. The summed E-state index contributed by atoms with van der Waals surface area (Å²) in [5.41, 5.74) is 0. The maximum atomic E-state index is 10.9. The molecule has 2 fully saturated rings. The fourth-order valence-corrected chi connectivity index (χ4v) is 2.38. The molecule has 2 aliphatic rings. The van der Waals surface area contributed by atoms with Gasteiger partial charge in [-0.25, -0.2) is 4.79 Å². The zero-order valence-electron chi connectivity index (χ0n) is 9.59. The minimum atomic E-state index is -0.858. The lowest BCUT2D eigenvalue weighted by atomic mass is 10.2. The zero-order valence-corrected chi connectivity index (χ0v) is 9.59. The largest absolute Gasteiger partial charge is 0.465 e. The minimum Gasteiger partial charge on any atom is -0.465 e. The Morgan fingerprint density at radius 3 is 2.88 bits per heavy atom. The van der Waals surface area contributed by atoms with Crippen LogP contribution in [0.3, 0.4) is 0 Å². The molecule has 1 amide bonds. The van der Waals surface area contributed by atoms with Gasteiger partial charge in [-0.2, -0.15) is 0 Å². The Morgan fingerprint density at radius 2 is 2.31 bits per heavy atom. The Morgan fingerprint density at radius 1 is 1.50 bits per heavy atom. The van der Waals surface area contributed by atoms with E-state index in [0.717, 1.165) is 32.3 Å². The van der Waals surface area contributed by atoms with Crippen molar-refractivity contribution in [3.8, 4) is 0 Å². The number of likely N-dealkylation sites (tertiary alicyclic amines) is 1. The van der Waals surface area contributed by atoms with Gasteiger partial charge in [0, 0.05) is 12.6 Å². The van der Waals surface area contributed by atoms with Crippen molar-refractivity contribution < 1.29 is 19.4 Å². The van der Waals surface area contributed by atoms with Crippen molar-refractivity contribution in [1.29, 1.82) is 0 Å². The van der Waals surface area contributed by atoms with Crippen LogP contribution >= 0.6 is 0 Å². The molecule has 0 aromatic carbocycles. The van der Waals surface area contributed by atoms with E-state index in [9.17, 15) is 4.79 Å². The van der Waals surface area contributed by atoms with Gasteiger partial charge in [-0.15, -0.1) is 0 Å². The van der Waals surface area contributed by atoms with E-state index < -0.39 is 6.09 Å². The number of rotatable bonds is 2. The van der Waals surface area contributed by atoms with Gasteiger partial charge in [0.2, 0.25) is 0 Å². The van der Waals surface area contributed by atoms with Crippen LogP contribution in [0.15, 0.2) is 0 Å². The highest BCUT2D eigenvalue weighted by Gasteiger charge is 2.34. The predicted molar refractivity (Wildman–Crippen MR) is 57.3 cm³/mol. The molecule has 2 saturated heterocycles. The van der Waals surface area contributed by atoms with E-state index in [0.29, 0.717) is 6.54 Å². The van der Waals surface area contributed by atoms with E-state index in [2.05, 4.69) is 0 Å². The summed E-state index contributed by atoms with van der Waals surface area (Å²) in [5, 5.41) is 8.95. The summed E-state index contributed by atoms with van der Waals surface area (Å²) in [6.45, 7) is 3.14. The number of amides is 1. The third kappa shape index (κ3) is 2.65. The summed E-state index contributed by atoms with van der Waals surface area (Å²) in [6, 6.07) is 0.0473. The molecule has 0 aromatic heterocycles. The summed E-state index contributed by atoms with van der Waals surface area (Å²) in [7, 11) is 0. The molecule has 0 bridgehead atoms. The van der Waals surface area contributed by atoms with Crippen molar-refractivity contribution in [2.75, 3.05) is 13.2 Å². The number of nitrogens with zero attached hydrogens (tertiary/aromatic N) is 1. The van der Waals surface area contributed by atoms with Crippen molar-refractivity contribution in [2.45, 2.75) is 51.0 Å². The molecular formula is C11H19NO4. The minimum absolute atomic E-state index is 0.00537. The van der Waals surface area contributed by atoms with Gasteiger partial charge < -0.3 is 19.5 Å². The predicted octanol–water partition coefficient (Wildman–Crippen LogP) is 1.67. The molecule has 16 heavy (non-hydrogen) atoms. The fraction of sp³-hybridized carbons (Fsp3) is 0.909. The van der Waals surface area contributed by atoms with Crippen LogP contribution in [0.4, 0.5) is 4.79 Å². The van der Waals surface area contributed by atoms with Crippen LogP contribution in [0, 0.1) is 0 Å². The van der Waals surface area contributed by atoms with E-state index in [1.165, 1.54) is 4.90 Å². The summed E-state index contributed by atoms with van der Waals surface area (Å²) < 4.78 is 11.3. The van der Waals surface area contributed by atoms with Crippen LogP contribution in [0.1, 0.15) is 32.6 Å². The van der Waals surface area contributed by atoms with Crippen LogP contribution in [-0.4, -0.2) is 47.7 Å². The van der Waals surface area contributed by atoms with Crippen LogP contribution in [0.2, 0.25) is 0 Å². The van der Waals surface area contributed by atoms with E-state index in [1.807, 2.05) is 6.92 Å². The van der Waals surface area contributed by atoms with Gasteiger partial charge >= 0.3 is 6.09 Å². The van der Waals surface area contributed by atoms with Gasteiger partial charge in [0.05, 0.1) is 12.6 Å². The highest BCUT2D eigenvalue weighted by atomic mass is 16.7. The molecule has 5 heteroatoms. The Hall–Kier alpha value is -0.810. The second kappa shape index (κ2) is 5.01. The molecule has 0 spiro atoms. The van der Waals surface area contributed by atoms with Gasteiger partial charge in [-0.1, -0.05) is 0 Å². The molecule has 2 heterocycles. The maximum Gasteiger partial charge on any atom is 0.407 e. The first-order valence-electron chi connectivity index (χ1n) is 5.93. The van der Waals surface area contributed by atoms with E-state index >= 15 is 0 Å². The number of hydrogen-bond acceptors (Lipinski definition) is 3. The molecule has 3 atom stereocenters. The monoisotopic (exact) mass is 229 g/mol. The van der Waals surface area contributed by atoms with Gasteiger partial charge in [0.25, 0.3) is 0 Å². The molecule has 1 unspecified atom stereocenters. The Balaban J connectivity index is 1.81. The molecule has 92 valence electrons. The summed E-state index contributed by atoms with van der Waals surface area (Å²) >= 11 is 0. The first kappa shape index (κ1) is 11.7. The summed E-state index contributed by atoms with van der Waals surface area (Å²) in [4.78, 5) is 12.3. The number of hydrogen-bond donors (Lipinski definition) is 1. The lowest BCUT2D eigenvalue weighted by Gasteiger charge is -2.25. The van der Waals surface area contributed by atoms with E-state index in [-0.39, 0.29) is 18.4 Å². The third-order valence-corrected chi connectivity index (χ3v) is 3.26. The topological polar surface area (TPSA) is 59.0 Å². The highest BCUT2D eigenvalue weighted by molar-refractivity contribution is 5.65. The Kier molecular flexibility index (Phi) is 3.66. The standard InChI is InChI=1S/C11H19NO4/c1-8-6-9(7-12(8)11(13)14)16-10-4-2-3-5-15-10/h8-10H,2-7H2,1H3,(H,13,14)/t8-,9+,10?/m1/s1. The van der Waals surface area contributed by atoms with Gasteiger partial charge in [0.1, 0.15) is 0 Å². The second-order valence-corrected chi connectivity index (χ2v) is 4.57. The van der Waals surface area contributed by atoms with Gasteiger partial charge in [-0.05, 0) is 32.6 Å². The van der Waals surface area contributed by atoms with Crippen LogP contribution in [-0.2, 0) is 9.47 Å². The molecule has 0 aromatic rings. The normalized spacial score (nSPS) is 35.3. The van der Waals surface area contributed by atoms with Crippen molar-refractivity contribution in [1.82, 2.24) is 4.90 Å². The molecule has 1 N–H and O–H groups in total. The number of ether oxygens (including phenoxy) is 2. The number of carboxylic acid groups (broad SMARTS) is 1. The molecule has 0 radical (unpaired) electrons. The lowest BCUT2D eigenvalue weighted by molar-refractivity contribution is -0.184. The maximum absolute atomic E-state index is 10.9. The van der Waals surface area contributed by atoms with Crippen molar-refractivity contribution >= 4 is 6.09 Å². The van der Waals surface area contributed by atoms with E-state index in [4.69, 9.17) is 14.6 Å². The summed E-state index contributed by atoms with van der Waals surface area (Å²) in [6.07, 6.45) is 2.94. The first-order valence-corrected chi connectivity index (χ1v) is 5.93. The SMILES string of the molecule is C[C@@H]1C[C@H](OC2CCCCO2)CN1C(=O)O. The number of carbonyl (C=O) groups is 1. The summed E-state index contributed by atoms with van der Waals surface area (Å²) in [5.74, 6) is 0. The third-order valence-electron chi connectivity index (χ3n) is 3.26. The molecule has 5 nitrogen and oxygen atoms in total. The van der Waals surface area contributed by atoms with E-state index in [1.54, 1.807) is 0 Å². The Bertz CT molecular complexity index is 252. The molecular weight excluding hydrogens is 210 g/mol. The average Bonchev–Trinajstić information content (AvgIpc) is 2.61. The quantitative estimate of drug-likeness (QED) is 0.782. The lowest BCUT2D eigenvalue weighted by Crippen LogP contribution is -2.34. The van der Waals surface area contributed by atoms with Gasteiger partial charge in [-0.3, -0.25) is 0 Å². The first-order chi connectivity index (χ1) is 7.66. The molecule has 2 rings (SSSR count).